The fourth-order valence-corrected chi connectivity index (χ4v) is 1.46. The van der Waals surface area contributed by atoms with E-state index in [1.54, 1.807) is 0 Å². The van der Waals surface area contributed by atoms with Crippen molar-refractivity contribution in [1.29, 1.82) is 0 Å². The second-order valence-electron chi connectivity index (χ2n) is 2.73. The van der Waals surface area contributed by atoms with Crippen LogP contribution in [0.4, 0.5) is 11.4 Å². The number of benzene rings is 1. The van der Waals surface area contributed by atoms with Crippen LogP contribution in [0.2, 0.25) is 5.02 Å². The average Bonchev–Trinajstić information content (AvgIpc) is 2.01. The van der Waals surface area contributed by atoms with Gasteiger partial charge in [0.15, 0.2) is 0 Å². The molecular weight excluding hydrogens is 208 g/mol. The second kappa shape index (κ2) is 4.26. The summed E-state index contributed by atoms with van der Waals surface area (Å²) in [5.41, 5.74) is 5.64. The van der Waals surface area contributed by atoms with Gasteiger partial charge in [0.2, 0.25) is 0 Å². The van der Waals surface area contributed by atoms with Crippen molar-refractivity contribution in [3.05, 3.63) is 32.8 Å². The second-order valence-corrected chi connectivity index (χ2v) is 3.17. The van der Waals surface area contributed by atoms with Crippen molar-refractivity contribution in [2.24, 2.45) is 0 Å². The quantitative estimate of drug-likeness (QED) is 0.454. The van der Waals surface area contributed by atoms with Gasteiger partial charge in [-0.1, -0.05) is 11.6 Å². The Morgan fingerprint density at radius 3 is 2.71 bits per heavy atom. The fraction of sp³-hybridized carbons (Fsp3) is 0.250. The molecule has 6 heteroatoms. The van der Waals surface area contributed by atoms with Crippen molar-refractivity contribution in [3.8, 4) is 0 Å². The Kier molecular flexibility index (Phi) is 3.27. The van der Waals surface area contributed by atoms with Crippen molar-refractivity contribution in [2.45, 2.75) is 6.42 Å². The van der Waals surface area contributed by atoms with Gasteiger partial charge in [-0.15, -0.1) is 0 Å². The van der Waals surface area contributed by atoms with Crippen molar-refractivity contribution < 1.29 is 10.0 Å². The number of aliphatic hydroxyl groups is 1. The number of anilines is 1. The Bertz CT molecular complexity index is 368. The Morgan fingerprint density at radius 2 is 2.21 bits per heavy atom. The van der Waals surface area contributed by atoms with Gasteiger partial charge in [0.1, 0.15) is 5.69 Å². The maximum atomic E-state index is 10.6. The molecule has 0 bridgehead atoms. The molecule has 0 aliphatic heterocycles. The lowest BCUT2D eigenvalue weighted by Gasteiger charge is -2.04. The minimum atomic E-state index is -0.573. The van der Waals surface area contributed by atoms with E-state index in [0.29, 0.717) is 10.6 Å². The van der Waals surface area contributed by atoms with Gasteiger partial charge in [-0.3, -0.25) is 10.1 Å². The molecule has 0 fully saturated rings. The molecule has 0 amide bonds. The van der Waals surface area contributed by atoms with Crippen LogP contribution in [0.1, 0.15) is 5.56 Å². The molecule has 0 heterocycles. The van der Waals surface area contributed by atoms with Crippen LogP contribution in [0.3, 0.4) is 0 Å². The zero-order valence-electron chi connectivity index (χ0n) is 7.24. The Balaban J connectivity index is 3.28. The van der Waals surface area contributed by atoms with Crippen LogP contribution < -0.4 is 5.73 Å². The first-order valence-corrected chi connectivity index (χ1v) is 4.27. The molecule has 0 aliphatic rings. The summed E-state index contributed by atoms with van der Waals surface area (Å²) < 4.78 is 0. The van der Waals surface area contributed by atoms with E-state index in [4.69, 9.17) is 22.4 Å². The van der Waals surface area contributed by atoms with E-state index in [2.05, 4.69) is 0 Å². The highest BCUT2D eigenvalue weighted by Gasteiger charge is 2.18. The number of nitrogens with zero attached hydrogens (tertiary/aromatic N) is 1. The van der Waals surface area contributed by atoms with Gasteiger partial charge in [0.25, 0.3) is 5.69 Å². The molecule has 0 spiro atoms. The standard InChI is InChI=1S/C8H9ClN2O3/c9-6-3-5(1-2-12)8(11(13)14)7(10)4-6/h3-4,12H,1-2,10H2. The summed E-state index contributed by atoms with van der Waals surface area (Å²) in [5.74, 6) is 0. The van der Waals surface area contributed by atoms with Gasteiger partial charge in [0, 0.05) is 23.6 Å². The van der Waals surface area contributed by atoms with Crippen molar-refractivity contribution >= 4 is 23.0 Å². The minimum absolute atomic E-state index is 0.0194. The van der Waals surface area contributed by atoms with Crippen LogP contribution in [0.5, 0.6) is 0 Å². The number of halogens is 1. The van der Waals surface area contributed by atoms with Gasteiger partial charge in [-0.05, 0) is 12.1 Å². The number of nitro groups is 1. The number of hydrogen-bond donors (Lipinski definition) is 2. The van der Waals surface area contributed by atoms with E-state index in [9.17, 15) is 10.1 Å². The van der Waals surface area contributed by atoms with Gasteiger partial charge >= 0.3 is 0 Å². The van der Waals surface area contributed by atoms with E-state index in [0.717, 1.165) is 0 Å². The molecule has 1 aromatic rings. The van der Waals surface area contributed by atoms with Crippen LogP contribution in [0.25, 0.3) is 0 Å². The average molecular weight is 217 g/mol. The highest BCUT2D eigenvalue weighted by molar-refractivity contribution is 6.31. The molecule has 0 aliphatic carbocycles. The summed E-state index contributed by atoms with van der Waals surface area (Å²) in [4.78, 5) is 10.1. The maximum Gasteiger partial charge on any atom is 0.295 e. The zero-order chi connectivity index (χ0) is 10.7. The van der Waals surface area contributed by atoms with Crippen molar-refractivity contribution in [3.63, 3.8) is 0 Å². The van der Waals surface area contributed by atoms with Crippen LogP contribution in [0.15, 0.2) is 12.1 Å². The number of rotatable bonds is 3. The minimum Gasteiger partial charge on any atom is -0.396 e. The van der Waals surface area contributed by atoms with E-state index in [1.165, 1.54) is 12.1 Å². The molecule has 1 aromatic carbocycles. The largest absolute Gasteiger partial charge is 0.396 e. The first-order chi connectivity index (χ1) is 6.56. The first kappa shape index (κ1) is 10.7. The predicted molar refractivity (Wildman–Crippen MR) is 53.3 cm³/mol. The Hall–Kier alpha value is -1.33. The highest BCUT2D eigenvalue weighted by atomic mass is 35.5. The normalized spacial score (nSPS) is 10.1. The zero-order valence-corrected chi connectivity index (χ0v) is 7.99. The fourth-order valence-electron chi connectivity index (χ4n) is 1.21. The number of nitro benzene ring substituents is 1. The molecule has 1 rings (SSSR count). The summed E-state index contributed by atoms with van der Waals surface area (Å²) in [5, 5.41) is 19.7. The van der Waals surface area contributed by atoms with E-state index in [1.807, 2.05) is 0 Å². The molecular formula is C8H9ClN2O3. The van der Waals surface area contributed by atoms with Gasteiger partial charge in [-0.2, -0.15) is 0 Å². The van der Waals surface area contributed by atoms with Crippen molar-refractivity contribution in [1.82, 2.24) is 0 Å². The molecule has 0 saturated heterocycles. The topological polar surface area (TPSA) is 89.4 Å². The number of hydrogen-bond acceptors (Lipinski definition) is 4. The third-order valence-electron chi connectivity index (χ3n) is 1.75. The van der Waals surface area contributed by atoms with Crippen LogP contribution in [-0.4, -0.2) is 16.6 Å². The third-order valence-corrected chi connectivity index (χ3v) is 1.97. The molecule has 0 saturated carbocycles. The molecule has 0 unspecified atom stereocenters. The molecule has 0 aromatic heterocycles. The lowest BCUT2D eigenvalue weighted by atomic mass is 10.1. The van der Waals surface area contributed by atoms with Crippen LogP contribution in [0, 0.1) is 10.1 Å². The number of nitrogens with two attached hydrogens (primary N) is 1. The molecule has 0 radical (unpaired) electrons. The summed E-state index contributed by atoms with van der Waals surface area (Å²) in [7, 11) is 0. The first-order valence-electron chi connectivity index (χ1n) is 3.89. The molecule has 0 atom stereocenters. The van der Waals surface area contributed by atoms with Gasteiger partial charge in [-0.25, -0.2) is 0 Å². The van der Waals surface area contributed by atoms with E-state index >= 15 is 0 Å². The van der Waals surface area contributed by atoms with E-state index < -0.39 is 4.92 Å². The van der Waals surface area contributed by atoms with Crippen LogP contribution >= 0.6 is 11.6 Å². The highest BCUT2D eigenvalue weighted by Crippen LogP contribution is 2.30. The summed E-state index contributed by atoms with van der Waals surface area (Å²) in [6, 6.07) is 2.76. The maximum absolute atomic E-state index is 10.6. The molecule has 5 nitrogen and oxygen atoms in total. The Labute approximate surface area is 85.3 Å². The Morgan fingerprint density at radius 1 is 1.57 bits per heavy atom. The van der Waals surface area contributed by atoms with Gasteiger partial charge in [0.05, 0.1) is 4.92 Å². The van der Waals surface area contributed by atoms with Gasteiger partial charge < -0.3 is 10.8 Å². The number of aliphatic hydroxyl groups excluding tert-OH is 1. The van der Waals surface area contributed by atoms with Crippen molar-refractivity contribution in [2.75, 3.05) is 12.3 Å². The monoisotopic (exact) mass is 216 g/mol. The molecule has 14 heavy (non-hydrogen) atoms. The smallest absolute Gasteiger partial charge is 0.295 e. The summed E-state index contributed by atoms with van der Waals surface area (Å²) >= 11 is 5.68. The molecule has 76 valence electrons. The molecule has 3 N–H and O–H groups in total. The van der Waals surface area contributed by atoms with E-state index in [-0.39, 0.29) is 24.4 Å². The summed E-state index contributed by atoms with van der Waals surface area (Å²) in [6.45, 7) is -0.180. The van der Waals surface area contributed by atoms with Crippen LogP contribution in [-0.2, 0) is 6.42 Å². The summed E-state index contributed by atoms with van der Waals surface area (Å²) in [6.07, 6.45) is 0.168. The number of nitrogen functional groups attached to an aromatic ring is 1. The lowest BCUT2D eigenvalue weighted by Crippen LogP contribution is -2.02. The third kappa shape index (κ3) is 2.12. The SMILES string of the molecule is Nc1cc(Cl)cc(CCO)c1[N+](=O)[O-]. The lowest BCUT2D eigenvalue weighted by molar-refractivity contribution is -0.384. The predicted octanol–water partition coefficient (Wildman–Crippen LogP) is 1.37.